The molecule has 1 aromatic carbocycles. The first-order chi connectivity index (χ1) is 12.4. The molecule has 8 heteroatoms. The summed E-state index contributed by atoms with van der Waals surface area (Å²) in [6, 6.07) is 1.40. The average molecular weight is 382 g/mol. The Bertz CT molecular complexity index is 921. The van der Waals surface area contributed by atoms with Crippen LogP contribution < -0.4 is 0 Å². The van der Waals surface area contributed by atoms with E-state index in [1.54, 1.807) is 4.90 Å². The largest absolute Gasteiger partial charge is 0.383 e. The van der Waals surface area contributed by atoms with Crippen LogP contribution in [0.1, 0.15) is 37.4 Å². The molecule has 1 saturated carbocycles. The van der Waals surface area contributed by atoms with E-state index in [1.807, 2.05) is 0 Å². The summed E-state index contributed by atoms with van der Waals surface area (Å²) < 4.78 is 31.8. The Morgan fingerprint density at radius 1 is 1.31 bits per heavy atom. The van der Waals surface area contributed by atoms with Crippen molar-refractivity contribution in [1.82, 2.24) is 14.7 Å². The van der Waals surface area contributed by atoms with Crippen LogP contribution in [-0.2, 0) is 10.6 Å². The second-order valence-corrected chi connectivity index (χ2v) is 7.99. The van der Waals surface area contributed by atoms with Crippen molar-refractivity contribution in [2.24, 2.45) is 11.8 Å². The zero-order valence-electron chi connectivity index (χ0n) is 14.0. The molecule has 5 nitrogen and oxygen atoms in total. The Kier molecular flexibility index (Phi) is 3.41. The summed E-state index contributed by atoms with van der Waals surface area (Å²) >= 11 is 5.90. The summed E-state index contributed by atoms with van der Waals surface area (Å²) in [7, 11) is 0. The number of likely N-dealkylation sites (tertiary alicyclic amines) is 1. The van der Waals surface area contributed by atoms with Gasteiger partial charge in [0.05, 0.1) is 16.7 Å². The summed E-state index contributed by atoms with van der Waals surface area (Å²) in [5, 5.41) is 15.1. The maximum atomic E-state index is 16.1. The van der Waals surface area contributed by atoms with Crippen LogP contribution in [0, 0.1) is 17.7 Å². The van der Waals surface area contributed by atoms with Gasteiger partial charge in [-0.05, 0) is 31.7 Å². The van der Waals surface area contributed by atoms with Crippen molar-refractivity contribution in [3.8, 4) is 0 Å². The van der Waals surface area contributed by atoms with Crippen LogP contribution in [0.5, 0.6) is 0 Å². The Morgan fingerprint density at radius 3 is 2.65 bits per heavy atom. The number of piperidine rings is 1. The highest BCUT2D eigenvalue weighted by Crippen LogP contribution is 2.53. The molecule has 138 valence electrons. The number of hydrogen-bond acceptors (Lipinski definition) is 3. The quantitative estimate of drug-likeness (QED) is 0.869. The van der Waals surface area contributed by atoms with Crippen LogP contribution in [0.25, 0.3) is 10.9 Å². The van der Waals surface area contributed by atoms with E-state index in [2.05, 4.69) is 5.10 Å². The van der Waals surface area contributed by atoms with Crippen molar-refractivity contribution in [1.29, 1.82) is 0 Å². The zero-order valence-corrected chi connectivity index (χ0v) is 14.7. The number of rotatable bonds is 2. The zero-order chi connectivity index (χ0) is 18.2. The second kappa shape index (κ2) is 5.39. The van der Waals surface area contributed by atoms with Crippen molar-refractivity contribution < 1.29 is 18.7 Å². The lowest BCUT2D eigenvalue weighted by atomic mass is 9.83. The molecule has 0 spiro atoms. The minimum atomic E-state index is -2.23. The van der Waals surface area contributed by atoms with Gasteiger partial charge < -0.3 is 10.0 Å². The molecule has 1 amide bonds. The van der Waals surface area contributed by atoms with E-state index >= 15 is 4.39 Å². The fraction of sp³-hybridized carbons (Fsp3) is 0.556. The average Bonchev–Trinajstić information content (AvgIpc) is 3.37. The maximum Gasteiger partial charge on any atom is 0.235 e. The predicted molar refractivity (Wildman–Crippen MR) is 90.8 cm³/mol. The van der Waals surface area contributed by atoms with Gasteiger partial charge in [0.15, 0.2) is 0 Å². The predicted octanol–water partition coefficient (Wildman–Crippen LogP) is 3.15. The molecule has 2 fully saturated rings. The first kappa shape index (κ1) is 16.4. The summed E-state index contributed by atoms with van der Waals surface area (Å²) in [6.45, 7) is 0.894. The van der Waals surface area contributed by atoms with E-state index in [0.717, 1.165) is 17.5 Å². The Morgan fingerprint density at radius 2 is 2.00 bits per heavy atom. The van der Waals surface area contributed by atoms with Crippen LogP contribution >= 0.6 is 11.6 Å². The van der Waals surface area contributed by atoms with Crippen molar-refractivity contribution in [2.75, 3.05) is 13.1 Å². The molecular weight excluding hydrogens is 364 g/mol. The highest BCUT2D eigenvalue weighted by Gasteiger charge is 2.56. The smallest absolute Gasteiger partial charge is 0.235 e. The Labute approximate surface area is 153 Å². The van der Waals surface area contributed by atoms with Crippen LogP contribution in [0.2, 0.25) is 5.02 Å². The standard InChI is InChI=1S/C18H18ClF2N3O2/c19-12-7-10-8-22-24-15(10)13(14(12)20)16(25)18(24,21)11-3-5-23(6-4-11)17(26)9-1-2-9/h7-9,11,16,25H,1-6H2. The van der Waals surface area contributed by atoms with Gasteiger partial charge in [-0.2, -0.15) is 5.10 Å². The molecule has 2 aliphatic heterocycles. The summed E-state index contributed by atoms with van der Waals surface area (Å²) in [5.41, 5.74) is 0.141. The number of benzene rings is 1. The molecule has 1 N–H and O–H groups in total. The topological polar surface area (TPSA) is 58.4 Å². The van der Waals surface area contributed by atoms with Crippen LogP contribution in [0.3, 0.4) is 0 Å². The molecule has 1 aromatic heterocycles. The highest BCUT2D eigenvalue weighted by molar-refractivity contribution is 6.31. The first-order valence-electron chi connectivity index (χ1n) is 8.94. The highest BCUT2D eigenvalue weighted by atomic mass is 35.5. The number of carbonyl (C=O) groups is 1. The van der Waals surface area contributed by atoms with Gasteiger partial charge in [0.2, 0.25) is 11.7 Å². The third-order valence-corrected chi connectivity index (χ3v) is 6.34. The van der Waals surface area contributed by atoms with Gasteiger partial charge in [-0.25, -0.2) is 13.5 Å². The summed E-state index contributed by atoms with van der Waals surface area (Å²) in [5.74, 6) is -3.31. The monoisotopic (exact) mass is 381 g/mol. The number of carbonyl (C=O) groups excluding carboxylic acids is 1. The number of nitrogens with zero attached hydrogens (tertiary/aromatic N) is 3. The van der Waals surface area contributed by atoms with Crippen molar-refractivity contribution in [3.63, 3.8) is 0 Å². The summed E-state index contributed by atoms with van der Waals surface area (Å²) in [6.07, 6.45) is 2.45. The number of aliphatic hydroxyl groups is 1. The minimum Gasteiger partial charge on any atom is -0.383 e. The van der Waals surface area contributed by atoms with Gasteiger partial charge in [0, 0.05) is 35.9 Å². The minimum absolute atomic E-state index is 0.121. The third-order valence-electron chi connectivity index (χ3n) is 6.07. The van der Waals surface area contributed by atoms with Gasteiger partial charge in [-0.3, -0.25) is 4.79 Å². The number of hydrogen-bond donors (Lipinski definition) is 1. The van der Waals surface area contributed by atoms with Crippen LogP contribution in [0.15, 0.2) is 12.3 Å². The fourth-order valence-electron chi connectivity index (χ4n) is 4.49. The van der Waals surface area contributed by atoms with E-state index in [-0.39, 0.29) is 27.9 Å². The number of aromatic nitrogens is 2. The lowest BCUT2D eigenvalue weighted by Crippen LogP contribution is -2.47. The van der Waals surface area contributed by atoms with E-state index in [9.17, 15) is 14.3 Å². The normalized spacial score (nSPS) is 28.9. The fourth-order valence-corrected chi connectivity index (χ4v) is 4.71. The molecule has 0 radical (unpaired) electrons. The number of halogens is 3. The molecule has 5 rings (SSSR count). The molecule has 26 heavy (non-hydrogen) atoms. The van der Waals surface area contributed by atoms with Crippen molar-refractivity contribution >= 4 is 28.4 Å². The molecule has 3 aliphatic rings. The molecule has 0 bridgehead atoms. The van der Waals surface area contributed by atoms with E-state index in [0.29, 0.717) is 31.3 Å². The molecule has 3 heterocycles. The third kappa shape index (κ3) is 2.04. The van der Waals surface area contributed by atoms with E-state index in [1.165, 1.54) is 12.3 Å². The second-order valence-electron chi connectivity index (χ2n) is 7.58. The van der Waals surface area contributed by atoms with Gasteiger partial charge in [-0.1, -0.05) is 11.6 Å². The van der Waals surface area contributed by atoms with Crippen molar-refractivity contribution in [3.05, 3.63) is 28.7 Å². The molecule has 2 unspecified atom stereocenters. The van der Waals surface area contributed by atoms with Crippen molar-refractivity contribution in [2.45, 2.75) is 37.6 Å². The molecular formula is C18H18ClF2N3O2. The van der Waals surface area contributed by atoms with Gasteiger partial charge >= 0.3 is 0 Å². The van der Waals surface area contributed by atoms with Crippen LogP contribution in [-0.4, -0.2) is 38.8 Å². The lowest BCUT2D eigenvalue weighted by molar-refractivity contribution is -0.143. The Balaban J connectivity index is 1.48. The van der Waals surface area contributed by atoms with E-state index < -0.39 is 23.6 Å². The van der Waals surface area contributed by atoms with Gasteiger partial charge in [0.1, 0.15) is 11.9 Å². The molecule has 1 aliphatic carbocycles. The van der Waals surface area contributed by atoms with Gasteiger partial charge in [-0.15, -0.1) is 0 Å². The lowest BCUT2D eigenvalue weighted by Gasteiger charge is -2.39. The summed E-state index contributed by atoms with van der Waals surface area (Å²) in [4.78, 5) is 14.0. The Hall–Kier alpha value is -1.73. The van der Waals surface area contributed by atoms with E-state index in [4.69, 9.17) is 11.6 Å². The SMILES string of the molecule is O=C(C1CC1)N1CCC(C2(F)C(O)c3c(F)c(Cl)cc4cnn2c34)CC1. The first-order valence-corrected chi connectivity index (χ1v) is 9.32. The molecule has 2 aromatic rings. The van der Waals surface area contributed by atoms with Gasteiger partial charge in [0.25, 0.3) is 0 Å². The molecule has 1 saturated heterocycles. The number of amides is 1. The maximum absolute atomic E-state index is 16.1. The number of aliphatic hydroxyl groups excluding tert-OH is 1. The molecule has 2 atom stereocenters. The van der Waals surface area contributed by atoms with Crippen LogP contribution in [0.4, 0.5) is 8.78 Å². The number of alkyl halides is 1.